The van der Waals surface area contributed by atoms with Crippen LogP contribution in [-0.2, 0) is 9.53 Å². The summed E-state index contributed by atoms with van der Waals surface area (Å²) in [5.41, 5.74) is 0.452. The van der Waals surface area contributed by atoms with Crippen LogP contribution in [-0.4, -0.2) is 37.1 Å². The smallest absolute Gasteiger partial charge is 0.333 e. The molecule has 0 aromatic rings. The number of unbranched alkanes of at least 4 members (excludes halogenated alkanes) is 1. The lowest BCUT2D eigenvalue weighted by Crippen LogP contribution is -2.29. The number of nitrogens with zero attached hydrogens (tertiary/aromatic N) is 1. The van der Waals surface area contributed by atoms with Crippen molar-refractivity contribution in [1.29, 1.82) is 0 Å². The van der Waals surface area contributed by atoms with Crippen LogP contribution >= 0.6 is 0 Å². The molecule has 0 saturated carbocycles. The maximum Gasteiger partial charge on any atom is 0.333 e. The minimum Gasteiger partial charge on any atom is -0.461 e. The van der Waals surface area contributed by atoms with E-state index in [0.29, 0.717) is 12.2 Å². The Kier molecular flexibility index (Phi) is 10.9. The summed E-state index contributed by atoms with van der Waals surface area (Å²) in [5.74, 6) is -0.305. The first-order valence-electron chi connectivity index (χ1n) is 6.92. The maximum atomic E-state index is 11.2. The zero-order valence-corrected chi connectivity index (χ0v) is 12.4. The quantitative estimate of drug-likeness (QED) is 0.248. The summed E-state index contributed by atoms with van der Waals surface area (Å²) in [6.07, 6.45) is 9.44. The van der Waals surface area contributed by atoms with Crippen molar-refractivity contribution in [2.75, 3.05) is 26.2 Å². The SMILES string of the molecule is C=CCCC=CCCN(CC)CCOC(=O)C(=C)C. The molecule has 0 heterocycles. The predicted molar refractivity (Wildman–Crippen MR) is 81.1 cm³/mol. The highest BCUT2D eigenvalue weighted by atomic mass is 16.5. The van der Waals surface area contributed by atoms with E-state index < -0.39 is 0 Å². The predicted octanol–water partition coefficient (Wildman–Crippen LogP) is 3.34. The number of ether oxygens (including phenoxy) is 1. The van der Waals surface area contributed by atoms with Crippen molar-refractivity contribution < 1.29 is 9.53 Å². The second kappa shape index (κ2) is 11.7. The summed E-state index contributed by atoms with van der Waals surface area (Å²) >= 11 is 0. The maximum absolute atomic E-state index is 11.2. The van der Waals surface area contributed by atoms with E-state index in [1.54, 1.807) is 6.92 Å². The van der Waals surface area contributed by atoms with Gasteiger partial charge in [-0.25, -0.2) is 4.79 Å². The van der Waals surface area contributed by atoms with Crippen molar-refractivity contribution >= 4 is 5.97 Å². The number of carbonyl (C=O) groups excluding carboxylic acids is 1. The van der Waals surface area contributed by atoms with Crippen LogP contribution in [0.2, 0.25) is 0 Å². The van der Waals surface area contributed by atoms with Crippen LogP contribution in [0, 0.1) is 0 Å². The van der Waals surface area contributed by atoms with Gasteiger partial charge in [-0.2, -0.15) is 0 Å². The first-order chi connectivity index (χ1) is 9.11. The number of esters is 1. The van der Waals surface area contributed by atoms with Crippen LogP contribution in [0.3, 0.4) is 0 Å². The van der Waals surface area contributed by atoms with Crippen molar-refractivity contribution in [2.24, 2.45) is 0 Å². The third-order valence-electron chi connectivity index (χ3n) is 2.75. The molecule has 0 N–H and O–H groups in total. The van der Waals surface area contributed by atoms with E-state index in [4.69, 9.17) is 4.74 Å². The zero-order valence-electron chi connectivity index (χ0n) is 12.4. The van der Waals surface area contributed by atoms with Gasteiger partial charge in [0.05, 0.1) is 0 Å². The molecule has 0 aliphatic carbocycles. The van der Waals surface area contributed by atoms with Crippen molar-refractivity contribution in [3.05, 3.63) is 37.0 Å². The fourth-order valence-corrected chi connectivity index (χ4v) is 1.53. The number of likely N-dealkylation sites (N-methyl/N-ethyl adjacent to an activating group) is 1. The first-order valence-corrected chi connectivity index (χ1v) is 6.92. The van der Waals surface area contributed by atoms with Crippen molar-refractivity contribution in [3.8, 4) is 0 Å². The molecule has 19 heavy (non-hydrogen) atoms. The zero-order chi connectivity index (χ0) is 14.5. The number of allylic oxidation sites excluding steroid dienone is 2. The molecule has 0 bridgehead atoms. The van der Waals surface area contributed by atoms with Gasteiger partial charge >= 0.3 is 5.97 Å². The van der Waals surface area contributed by atoms with Gasteiger partial charge in [0.1, 0.15) is 6.61 Å². The molecule has 0 aromatic carbocycles. The fourth-order valence-electron chi connectivity index (χ4n) is 1.53. The molecular formula is C16H27NO2. The number of hydrogen-bond acceptors (Lipinski definition) is 3. The van der Waals surface area contributed by atoms with E-state index in [1.165, 1.54) is 0 Å². The Morgan fingerprint density at radius 2 is 1.89 bits per heavy atom. The van der Waals surface area contributed by atoms with Gasteiger partial charge in [-0.05, 0) is 32.7 Å². The molecule has 3 nitrogen and oxygen atoms in total. The summed E-state index contributed by atoms with van der Waals surface area (Å²) < 4.78 is 5.09. The van der Waals surface area contributed by atoms with Crippen molar-refractivity contribution in [2.45, 2.75) is 33.1 Å². The molecule has 0 aliphatic heterocycles. The lowest BCUT2D eigenvalue weighted by Gasteiger charge is -2.19. The summed E-state index contributed by atoms with van der Waals surface area (Å²) in [5, 5.41) is 0. The second-order valence-corrected chi connectivity index (χ2v) is 4.48. The summed E-state index contributed by atoms with van der Waals surface area (Å²) in [6, 6.07) is 0. The molecule has 0 atom stereocenters. The third kappa shape index (κ3) is 10.3. The Morgan fingerprint density at radius 3 is 2.47 bits per heavy atom. The summed E-state index contributed by atoms with van der Waals surface area (Å²) in [7, 11) is 0. The van der Waals surface area contributed by atoms with Crippen LogP contribution in [0.15, 0.2) is 37.0 Å². The van der Waals surface area contributed by atoms with Crippen LogP contribution in [0.25, 0.3) is 0 Å². The Labute approximate surface area is 117 Å². The minimum atomic E-state index is -0.305. The fraction of sp³-hybridized carbons (Fsp3) is 0.562. The molecule has 0 unspecified atom stereocenters. The van der Waals surface area contributed by atoms with E-state index in [2.05, 4.69) is 37.1 Å². The van der Waals surface area contributed by atoms with E-state index >= 15 is 0 Å². The van der Waals surface area contributed by atoms with Gasteiger partial charge in [0.2, 0.25) is 0 Å². The molecular weight excluding hydrogens is 238 g/mol. The van der Waals surface area contributed by atoms with E-state index in [-0.39, 0.29) is 5.97 Å². The first kappa shape index (κ1) is 17.6. The average molecular weight is 265 g/mol. The Hall–Kier alpha value is -1.35. The standard InChI is InChI=1S/C16H27NO2/c1-5-7-8-9-10-11-12-17(6-2)13-14-19-16(18)15(3)4/h5,9-10H,1,3,6-8,11-14H2,2,4H3. The number of rotatable bonds is 11. The molecule has 0 radical (unpaired) electrons. The highest BCUT2D eigenvalue weighted by molar-refractivity contribution is 5.86. The van der Waals surface area contributed by atoms with Gasteiger partial charge < -0.3 is 4.74 Å². The monoisotopic (exact) mass is 265 g/mol. The van der Waals surface area contributed by atoms with E-state index in [1.807, 2.05) is 6.08 Å². The number of carbonyl (C=O) groups is 1. The third-order valence-corrected chi connectivity index (χ3v) is 2.75. The Balaban J connectivity index is 3.71. The number of hydrogen-bond donors (Lipinski definition) is 0. The average Bonchev–Trinajstić information content (AvgIpc) is 2.40. The van der Waals surface area contributed by atoms with Crippen LogP contribution < -0.4 is 0 Å². The molecule has 108 valence electrons. The van der Waals surface area contributed by atoms with Gasteiger partial charge in [0.15, 0.2) is 0 Å². The molecule has 0 spiro atoms. The molecule has 0 aromatic heterocycles. The largest absolute Gasteiger partial charge is 0.461 e. The van der Waals surface area contributed by atoms with Gasteiger partial charge in [-0.3, -0.25) is 4.90 Å². The van der Waals surface area contributed by atoms with Crippen molar-refractivity contribution in [1.82, 2.24) is 4.90 Å². The topological polar surface area (TPSA) is 29.5 Å². The molecule has 0 aliphatic rings. The summed E-state index contributed by atoms with van der Waals surface area (Å²) in [6.45, 7) is 14.2. The molecule has 0 rings (SSSR count). The van der Waals surface area contributed by atoms with Crippen LogP contribution in [0.5, 0.6) is 0 Å². The summed E-state index contributed by atoms with van der Waals surface area (Å²) in [4.78, 5) is 13.5. The Morgan fingerprint density at radius 1 is 1.21 bits per heavy atom. The molecule has 0 saturated heterocycles. The normalized spacial score (nSPS) is 10.9. The van der Waals surface area contributed by atoms with Crippen molar-refractivity contribution in [3.63, 3.8) is 0 Å². The lowest BCUT2D eigenvalue weighted by molar-refractivity contribution is -0.139. The molecule has 3 heteroatoms. The highest BCUT2D eigenvalue weighted by Gasteiger charge is 2.05. The molecule has 0 amide bonds. The second-order valence-electron chi connectivity index (χ2n) is 4.48. The van der Waals surface area contributed by atoms with E-state index in [9.17, 15) is 4.79 Å². The highest BCUT2D eigenvalue weighted by Crippen LogP contribution is 1.97. The molecule has 0 fully saturated rings. The van der Waals surface area contributed by atoms with E-state index in [0.717, 1.165) is 38.9 Å². The van der Waals surface area contributed by atoms with Gasteiger partial charge in [0.25, 0.3) is 0 Å². The van der Waals surface area contributed by atoms with Crippen LogP contribution in [0.1, 0.15) is 33.1 Å². The Bertz CT molecular complexity index is 308. The lowest BCUT2D eigenvalue weighted by atomic mass is 10.2. The van der Waals surface area contributed by atoms with Gasteiger partial charge in [-0.1, -0.05) is 31.7 Å². The van der Waals surface area contributed by atoms with Gasteiger partial charge in [-0.15, -0.1) is 6.58 Å². The van der Waals surface area contributed by atoms with Crippen LogP contribution in [0.4, 0.5) is 0 Å². The van der Waals surface area contributed by atoms with Gasteiger partial charge in [0, 0.05) is 18.7 Å². The minimum absolute atomic E-state index is 0.305.